The Bertz CT molecular complexity index is 462. The second kappa shape index (κ2) is 7.89. The average molecular weight is 299 g/mol. The van der Waals surface area contributed by atoms with E-state index in [0.29, 0.717) is 6.42 Å². The summed E-state index contributed by atoms with van der Waals surface area (Å²) in [6.07, 6.45) is 0.391. The normalized spacial score (nSPS) is 12.2. The minimum atomic E-state index is -1.03. The Labute approximate surface area is 121 Å². The van der Waals surface area contributed by atoms with Crippen LogP contribution < -0.4 is 5.32 Å². The zero-order chi connectivity index (χ0) is 15.1. The number of aliphatic carboxylic acids is 1. The molecule has 0 aliphatic heterocycles. The first-order chi connectivity index (χ1) is 9.38. The van der Waals surface area contributed by atoms with Crippen LogP contribution in [0, 0.1) is 11.7 Å². The molecular weight excluding hydrogens is 281 g/mol. The van der Waals surface area contributed by atoms with E-state index in [9.17, 15) is 14.0 Å². The van der Waals surface area contributed by atoms with E-state index in [4.69, 9.17) is 5.11 Å². The monoisotopic (exact) mass is 299 g/mol. The molecular formula is C14H18FNO3S. The molecule has 1 atom stereocenters. The van der Waals surface area contributed by atoms with Crippen LogP contribution in [-0.2, 0) is 9.59 Å². The van der Waals surface area contributed by atoms with Gasteiger partial charge in [0.25, 0.3) is 0 Å². The fraction of sp³-hybridized carbons (Fsp3) is 0.429. The number of hydrogen-bond acceptors (Lipinski definition) is 3. The van der Waals surface area contributed by atoms with Gasteiger partial charge in [0.05, 0.1) is 5.75 Å². The van der Waals surface area contributed by atoms with Gasteiger partial charge in [-0.2, -0.15) is 0 Å². The second-order valence-corrected chi connectivity index (χ2v) is 5.88. The number of carbonyl (C=O) groups is 2. The second-order valence-electron chi connectivity index (χ2n) is 4.83. The van der Waals surface area contributed by atoms with Gasteiger partial charge >= 0.3 is 5.97 Å². The van der Waals surface area contributed by atoms with Crippen LogP contribution in [0.2, 0.25) is 0 Å². The van der Waals surface area contributed by atoms with E-state index >= 15 is 0 Å². The van der Waals surface area contributed by atoms with Gasteiger partial charge in [0, 0.05) is 4.90 Å². The van der Waals surface area contributed by atoms with Crippen LogP contribution in [0.1, 0.15) is 20.3 Å². The minimum Gasteiger partial charge on any atom is -0.480 e. The number of carboxylic acids is 1. The quantitative estimate of drug-likeness (QED) is 0.759. The maximum Gasteiger partial charge on any atom is 0.326 e. The molecule has 0 fully saturated rings. The summed E-state index contributed by atoms with van der Waals surface area (Å²) in [5.74, 6) is -1.41. The number of halogens is 1. The number of nitrogens with one attached hydrogen (secondary N) is 1. The Morgan fingerprint density at radius 3 is 2.40 bits per heavy atom. The maximum absolute atomic E-state index is 12.7. The van der Waals surface area contributed by atoms with E-state index in [0.717, 1.165) is 4.90 Å². The smallest absolute Gasteiger partial charge is 0.326 e. The van der Waals surface area contributed by atoms with Crippen molar-refractivity contribution in [3.05, 3.63) is 30.1 Å². The third kappa shape index (κ3) is 6.06. The molecule has 1 aromatic rings. The predicted molar refractivity (Wildman–Crippen MR) is 76.1 cm³/mol. The summed E-state index contributed by atoms with van der Waals surface area (Å²) >= 11 is 1.24. The number of carboxylic acid groups (broad SMARTS) is 1. The van der Waals surface area contributed by atoms with E-state index in [1.54, 1.807) is 12.1 Å². The molecule has 1 unspecified atom stereocenters. The number of rotatable bonds is 7. The van der Waals surface area contributed by atoms with Gasteiger partial charge in [-0.3, -0.25) is 4.79 Å². The summed E-state index contributed by atoms with van der Waals surface area (Å²) < 4.78 is 12.7. The number of thioether (sulfide) groups is 1. The molecule has 4 nitrogen and oxygen atoms in total. The van der Waals surface area contributed by atoms with E-state index in [-0.39, 0.29) is 23.4 Å². The van der Waals surface area contributed by atoms with Gasteiger partial charge in [0.2, 0.25) is 5.91 Å². The van der Waals surface area contributed by atoms with Crippen LogP contribution in [0.15, 0.2) is 29.2 Å². The van der Waals surface area contributed by atoms with Crippen molar-refractivity contribution in [1.29, 1.82) is 0 Å². The highest BCUT2D eigenvalue weighted by atomic mass is 32.2. The molecule has 0 spiro atoms. The third-order valence-corrected chi connectivity index (χ3v) is 3.54. The molecule has 0 aliphatic carbocycles. The summed E-state index contributed by atoms with van der Waals surface area (Å²) in [6.45, 7) is 3.80. The lowest BCUT2D eigenvalue weighted by molar-refractivity contribution is -0.141. The zero-order valence-electron chi connectivity index (χ0n) is 11.4. The molecule has 110 valence electrons. The van der Waals surface area contributed by atoms with Crippen molar-refractivity contribution in [3.63, 3.8) is 0 Å². The molecule has 0 aromatic heterocycles. The van der Waals surface area contributed by atoms with E-state index in [1.807, 2.05) is 13.8 Å². The van der Waals surface area contributed by atoms with Crippen LogP contribution in [0.5, 0.6) is 0 Å². The largest absolute Gasteiger partial charge is 0.480 e. The highest BCUT2D eigenvalue weighted by molar-refractivity contribution is 8.00. The number of carbonyl (C=O) groups excluding carboxylic acids is 1. The summed E-state index contributed by atoms with van der Waals surface area (Å²) in [6, 6.07) is 4.93. The highest BCUT2D eigenvalue weighted by Gasteiger charge is 2.20. The Kier molecular flexibility index (Phi) is 6.51. The lowest BCUT2D eigenvalue weighted by atomic mass is 10.0. The topological polar surface area (TPSA) is 66.4 Å². The Morgan fingerprint density at radius 2 is 1.90 bits per heavy atom. The van der Waals surface area contributed by atoms with Crippen molar-refractivity contribution in [2.24, 2.45) is 5.92 Å². The van der Waals surface area contributed by atoms with Crippen LogP contribution in [0.4, 0.5) is 4.39 Å². The highest BCUT2D eigenvalue weighted by Crippen LogP contribution is 2.17. The van der Waals surface area contributed by atoms with Gasteiger partial charge in [0.15, 0.2) is 0 Å². The molecule has 20 heavy (non-hydrogen) atoms. The first kappa shape index (κ1) is 16.5. The summed E-state index contributed by atoms with van der Waals surface area (Å²) in [5, 5.41) is 11.5. The van der Waals surface area contributed by atoms with Gasteiger partial charge in [-0.1, -0.05) is 13.8 Å². The minimum absolute atomic E-state index is 0.105. The fourth-order valence-electron chi connectivity index (χ4n) is 1.61. The van der Waals surface area contributed by atoms with E-state index in [2.05, 4.69) is 5.32 Å². The summed E-state index contributed by atoms with van der Waals surface area (Å²) in [7, 11) is 0. The van der Waals surface area contributed by atoms with Gasteiger partial charge in [0.1, 0.15) is 11.9 Å². The van der Waals surface area contributed by atoms with Crippen LogP contribution in [-0.4, -0.2) is 28.8 Å². The van der Waals surface area contributed by atoms with Crippen molar-refractivity contribution in [2.75, 3.05) is 5.75 Å². The number of hydrogen-bond donors (Lipinski definition) is 2. The fourth-order valence-corrected chi connectivity index (χ4v) is 2.32. The molecule has 1 aromatic carbocycles. The Balaban J connectivity index is 2.45. The predicted octanol–water partition coefficient (Wildman–Crippen LogP) is 2.53. The lowest BCUT2D eigenvalue weighted by Gasteiger charge is -2.16. The van der Waals surface area contributed by atoms with Gasteiger partial charge < -0.3 is 10.4 Å². The van der Waals surface area contributed by atoms with Gasteiger partial charge in [-0.15, -0.1) is 11.8 Å². The molecule has 0 heterocycles. The number of amides is 1. The molecule has 0 saturated carbocycles. The molecule has 0 aliphatic rings. The lowest BCUT2D eigenvalue weighted by Crippen LogP contribution is -2.42. The van der Waals surface area contributed by atoms with Gasteiger partial charge in [-0.05, 0) is 36.6 Å². The molecule has 1 amide bonds. The number of benzene rings is 1. The SMILES string of the molecule is CC(C)CC(NC(=O)CSc1ccc(F)cc1)C(=O)O. The Hall–Kier alpha value is -1.56. The molecule has 0 saturated heterocycles. The molecule has 0 bridgehead atoms. The van der Waals surface area contributed by atoms with Crippen molar-refractivity contribution >= 4 is 23.6 Å². The van der Waals surface area contributed by atoms with E-state index in [1.165, 1.54) is 23.9 Å². The first-order valence-corrected chi connectivity index (χ1v) is 7.27. The van der Waals surface area contributed by atoms with Crippen LogP contribution >= 0.6 is 11.8 Å². The summed E-state index contributed by atoms with van der Waals surface area (Å²) in [5.41, 5.74) is 0. The van der Waals surface area contributed by atoms with Crippen molar-refractivity contribution in [3.8, 4) is 0 Å². The standard InChI is InChI=1S/C14H18FNO3S/c1-9(2)7-12(14(18)19)16-13(17)8-20-11-5-3-10(15)4-6-11/h3-6,9,12H,7-8H2,1-2H3,(H,16,17)(H,18,19). The molecule has 1 rings (SSSR count). The molecule has 6 heteroatoms. The first-order valence-electron chi connectivity index (χ1n) is 6.29. The third-order valence-electron chi connectivity index (χ3n) is 2.52. The van der Waals surface area contributed by atoms with Crippen LogP contribution in [0.3, 0.4) is 0 Å². The molecule has 2 N–H and O–H groups in total. The zero-order valence-corrected chi connectivity index (χ0v) is 12.2. The summed E-state index contributed by atoms with van der Waals surface area (Å²) in [4.78, 5) is 23.5. The van der Waals surface area contributed by atoms with Crippen molar-refractivity contribution in [1.82, 2.24) is 5.32 Å². The van der Waals surface area contributed by atoms with Crippen LogP contribution in [0.25, 0.3) is 0 Å². The van der Waals surface area contributed by atoms with Crippen molar-refractivity contribution < 1.29 is 19.1 Å². The average Bonchev–Trinajstić information content (AvgIpc) is 2.36. The van der Waals surface area contributed by atoms with Crippen molar-refractivity contribution in [2.45, 2.75) is 31.2 Å². The maximum atomic E-state index is 12.7. The Morgan fingerprint density at radius 1 is 1.30 bits per heavy atom. The van der Waals surface area contributed by atoms with E-state index < -0.39 is 12.0 Å². The molecule has 0 radical (unpaired) electrons. The van der Waals surface area contributed by atoms with Gasteiger partial charge in [-0.25, -0.2) is 9.18 Å².